The number of ketones is 1. The summed E-state index contributed by atoms with van der Waals surface area (Å²) in [6, 6.07) is 13.0. The van der Waals surface area contributed by atoms with E-state index in [0.717, 1.165) is 15.8 Å². The van der Waals surface area contributed by atoms with Gasteiger partial charge in [-0.15, -0.1) is 0 Å². The molecule has 0 heterocycles. The van der Waals surface area contributed by atoms with Gasteiger partial charge in [0.05, 0.1) is 12.7 Å². The zero-order valence-electron chi connectivity index (χ0n) is 11.4. The second kappa shape index (κ2) is 6.57. The molecule has 0 aromatic heterocycles. The lowest BCUT2D eigenvalue weighted by Gasteiger charge is -2.11. The molecule has 0 N–H and O–H groups in total. The van der Waals surface area contributed by atoms with Crippen molar-refractivity contribution in [1.29, 1.82) is 0 Å². The summed E-state index contributed by atoms with van der Waals surface area (Å²) < 4.78 is 11.8. The van der Waals surface area contributed by atoms with Gasteiger partial charge in [0.2, 0.25) is 0 Å². The van der Waals surface area contributed by atoms with Crippen molar-refractivity contribution >= 4 is 21.7 Å². The minimum absolute atomic E-state index is 0.0156. The number of ether oxygens (including phenoxy) is 2. The third kappa shape index (κ3) is 3.61. The summed E-state index contributed by atoms with van der Waals surface area (Å²) in [5.74, 6) is 1.35. The standard InChI is InChI=1S/C16H15BrO3/c1-11(18)15-7-6-13(17)9-16(15)20-10-12-4-3-5-14(8-12)19-2/h3-9H,10H2,1-2H3. The number of methoxy groups -OCH3 is 1. The van der Waals surface area contributed by atoms with Gasteiger partial charge in [-0.25, -0.2) is 0 Å². The molecule has 0 spiro atoms. The van der Waals surface area contributed by atoms with Gasteiger partial charge in [-0.1, -0.05) is 28.1 Å². The Morgan fingerprint density at radius 3 is 2.70 bits per heavy atom. The number of hydrogen-bond donors (Lipinski definition) is 0. The lowest BCUT2D eigenvalue weighted by Crippen LogP contribution is -2.02. The van der Waals surface area contributed by atoms with Crippen LogP contribution in [0.25, 0.3) is 0 Å². The highest BCUT2D eigenvalue weighted by Crippen LogP contribution is 2.25. The third-order valence-electron chi connectivity index (χ3n) is 2.85. The second-order valence-corrected chi connectivity index (χ2v) is 5.25. The van der Waals surface area contributed by atoms with E-state index in [-0.39, 0.29) is 5.78 Å². The van der Waals surface area contributed by atoms with Gasteiger partial charge in [0.1, 0.15) is 18.1 Å². The van der Waals surface area contributed by atoms with E-state index < -0.39 is 0 Å². The molecule has 20 heavy (non-hydrogen) atoms. The first-order chi connectivity index (χ1) is 9.60. The van der Waals surface area contributed by atoms with Crippen LogP contribution in [-0.2, 0) is 6.61 Å². The number of carbonyl (C=O) groups is 1. The molecule has 0 unspecified atom stereocenters. The minimum Gasteiger partial charge on any atom is -0.497 e. The number of benzene rings is 2. The van der Waals surface area contributed by atoms with Crippen molar-refractivity contribution in [3.8, 4) is 11.5 Å². The summed E-state index contributed by atoms with van der Waals surface area (Å²) in [6.45, 7) is 1.91. The molecule has 4 heteroatoms. The van der Waals surface area contributed by atoms with Crippen LogP contribution >= 0.6 is 15.9 Å². The van der Waals surface area contributed by atoms with E-state index in [4.69, 9.17) is 9.47 Å². The van der Waals surface area contributed by atoms with Gasteiger partial charge in [-0.3, -0.25) is 4.79 Å². The van der Waals surface area contributed by atoms with Gasteiger partial charge in [0.15, 0.2) is 5.78 Å². The molecule has 0 saturated carbocycles. The Balaban J connectivity index is 2.17. The number of Topliss-reactive ketones (excluding diaryl/α,β-unsaturated/α-hetero) is 1. The highest BCUT2D eigenvalue weighted by molar-refractivity contribution is 9.10. The Kier molecular flexibility index (Phi) is 4.79. The van der Waals surface area contributed by atoms with Crippen LogP contribution in [0, 0.1) is 0 Å². The topological polar surface area (TPSA) is 35.5 Å². The van der Waals surface area contributed by atoms with Gasteiger partial charge >= 0.3 is 0 Å². The SMILES string of the molecule is COc1cccc(COc2cc(Br)ccc2C(C)=O)c1. The van der Waals surface area contributed by atoms with Crippen LogP contribution in [0.4, 0.5) is 0 Å². The van der Waals surface area contributed by atoms with Crippen molar-refractivity contribution in [2.24, 2.45) is 0 Å². The van der Waals surface area contributed by atoms with Crippen LogP contribution in [0.5, 0.6) is 11.5 Å². The molecule has 0 saturated heterocycles. The molecule has 3 nitrogen and oxygen atoms in total. The van der Waals surface area contributed by atoms with Crippen LogP contribution in [0.2, 0.25) is 0 Å². The average Bonchev–Trinajstić information content (AvgIpc) is 2.45. The van der Waals surface area contributed by atoms with Crippen molar-refractivity contribution < 1.29 is 14.3 Å². The van der Waals surface area contributed by atoms with Crippen molar-refractivity contribution in [2.45, 2.75) is 13.5 Å². The molecule has 0 atom stereocenters. The van der Waals surface area contributed by atoms with E-state index in [1.807, 2.05) is 30.3 Å². The maximum Gasteiger partial charge on any atom is 0.163 e. The lowest BCUT2D eigenvalue weighted by molar-refractivity contribution is 0.101. The molecule has 0 aliphatic rings. The Bertz CT molecular complexity index is 623. The fourth-order valence-electron chi connectivity index (χ4n) is 1.83. The van der Waals surface area contributed by atoms with Crippen molar-refractivity contribution in [3.63, 3.8) is 0 Å². The second-order valence-electron chi connectivity index (χ2n) is 4.34. The Morgan fingerprint density at radius 1 is 1.20 bits per heavy atom. The predicted octanol–water partition coefficient (Wildman–Crippen LogP) is 4.24. The van der Waals surface area contributed by atoms with Crippen molar-refractivity contribution in [3.05, 3.63) is 58.1 Å². The van der Waals surface area contributed by atoms with Crippen LogP contribution in [-0.4, -0.2) is 12.9 Å². The first kappa shape index (κ1) is 14.6. The van der Waals surface area contributed by atoms with E-state index in [1.165, 1.54) is 6.92 Å². The van der Waals surface area contributed by atoms with Crippen LogP contribution in [0.3, 0.4) is 0 Å². The zero-order valence-corrected chi connectivity index (χ0v) is 12.9. The highest BCUT2D eigenvalue weighted by Gasteiger charge is 2.09. The molecule has 104 valence electrons. The monoisotopic (exact) mass is 334 g/mol. The summed E-state index contributed by atoms with van der Waals surface area (Å²) in [4.78, 5) is 11.6. The quantitative estimate of drug-likeness (QED) is 0.767. The molecule has 0 aliphatic carbocycles. The first-order valence-corrected chi connectivity index (χ1v) is 6.95. The number of halogens is 1. The molecule has 0 radical (unpaired) electrons. The maximum absolute atomic E-state index is 11.6. The van der Waals surface area contributed by atoms with Crippen LogP contribution < -0.4 is 9.47 Å². The fourth-order valence-corrected chi connectivity index (χ4v) is 2.17. The normalized spacial score (nSPS) is 10.2. The molecule has 0 amide bonds. The van der Waals surface area contributed by atoms with Gasteiger partial charge in [-0.05, 0) is 42.8 Å². The average molecular weight is 335 g/mol. The Morgan fingerprint density at radius 2 is 2.00 bits per heavy atom. The predicted molar refractivity (Wildman–Crippen MR) is 81.5 cm³/mol. The Labute approximate surface area is 126 Å². The summed E-state index contributed by atoms with van der Waals surface area (Å²) >= 11 is 3.38. The molecular weight excluding hydrogens is 320 g/mol. The molecule has 0 aliphatic heterocycles. The zero-order chi connectivity index (χ0) is 14.5. The first-order valence-electron chi connectivity index (χ1n) is 6.16. The van der Waals surface area contributed by atoms with Gasteiger partial charge in [0.25, 0.3) is 0 Å². The Hall–Kier alpha value is -1.81. The van der Waals surface area contributed by atoms with Crippen molar-refractivity contribution in [1.82, 2.24) is 0 Å². The number of carbonyl (C=O) groups excluding carboxylic acids is 1. The van der Waals surface area contributed by atoms with Gasteiger partial charge < -0.3 is 9.47 Å². The summed E-state index contributed by atoms with van der Waals surface area (Å²) in [6.07, 6.45) is 0. The summed E-state index contributed by atoms with van der Waals surface area (Å²) in [5, 5.41) is 0. The molecule has 2 aromatic rings. The molecule has 2 rings (SSSR count). The van der Waals surface area contributed by atoms with E-state index in [0.29, 0.717) is 17.9 Å². The van der Waals surface area contributed by atoms with E-state index >= 15 is 0 Å². The maximum atomic E-state index is 11.6. The van der Waals surface area contributed by atoms with Gasteiger partial charge in [0, 0.05) is 4.47 Å². The lowest BCUT2D eigenvalue weighted by atomic mass is 10.1. The van der Waals surface area contributed by atoms with E-state index in [9.17, 15) is 4.79 Å². The summed E-state index contributed by atoms with van der Waals surface area (Å²) in [5.41, 5.74) is 1.56. The van der Waals surface area contributed by atoms with Crippen LogP contribution in [0.1, 0.15) is 22.8 Å². The smallest absolute Gasteiger partial charge is 0.163 e. The number of hydrogen-bond acceptors (Lipinski definition) is 3. The molecular formula is C16H15BrO3. The minimum atomic E-state index is -0.0156. The van der Waals surface area contributed by atoms with Crippen LogP contribution in [0.15, 0.2) is 46.9 Å². The third-order valence-corrected chi connectivity index (χ3v) is 3.34. The van der Waals surface area contributed by atoms with E-state index in [1.54, 1.807) is 19.2 Å². The van der Waals surface area contributed by atoms with Gasteiger partial charge in [-0.2, -0.15) is 0 Å². The molecule has 0 fully saturated rings. The molecule has 0 bridgehead atoms. The number of rotatable bonds is 5. The molecule has 2 aromatic carbocycles. The van der Waals surface area contributed by atoms with Crippen molar-refractivity contribution in [2.75, 3.05) is 7.11 Å². The largest absolute Gasteiger partial charge is 0.497 e. The highest BCUT2D eigenvalue weighted by atomic mass is 79.9. The summed E-state index contributed by atoms with van der Waals surface area (Å²) in [7, 11) is 1.63. The fraction of sp³-hybridized carbons (Fsp3) is 0.188. The van der Waals surface area contributed by atoms with E-state index in [2.05, 4.69) is 15.9 Å².